The van der Waals surface area contributed by atoms with Gasteiger partial charge in [-0.15, -0.1) is 0 Å². The van der Waals surface area contributed by atoms with Crippen molar-refractivity contribution in [3.63, 3.8) is 0 Å². The monoisotopic (exact) mass is 405 g/mol. The van der Waals surface area contributed by atoms with Gasteiger partial charge < -0.3 is 15.5 Å². The molecule has 0 radical (unpaired) electrons. The highest BCUT2D eigenvalue weighted by molar-refractivity contribution is 7.99. The second-order valence-corrected chi connectivity index (χ2v) is 7.57. The van der Waals surface area contributed by atoms with Crippen LogP contribution < -0.4 is 5.32 Å². The highest BCUT2D eigenvalue weighted by atomic mass is 35.5. The number of phenols is 1. The van der Waals surface area contributed by atoms with Crippen molar-refractivity contribution in [1.82, 2.24) is 0 Å². The number of aromatic hydroxyl groups is 1. The molecule has 3 N–H and O–H groups in total. The molecule has 0 atom stereocenters. The summed E-state index contributed by atoms with van der Waals surface area (Å²) in [5, 5.41) is 23.3. The average molecular weight is 406 g/mol. The van der Waals surface area contributed by atoms with Crippen molar-refractivity contribution >= 4 is 40.7 Å². The van der Waals surface area contributed by atoms with Gasteiger partial charge in [-0.25, -0.2) is 0 Å². The SMILES string of the molecule is OCc1cc(NCc2ccccc2Sc2ccc(Cl)c(Cl)c2)ccc1O. The lowest BCUT2D eigenvalue weighted by Crippen LogP contribution is -2.01. The van der Waals surface area contributed by atoms with Crippen molar-refractivity contribution in [3.05, 3.63) is 81.8 Å². The lowest BCUT2D eigenvalue weighted by Gasteiger charge is -2.12. The molecule has 3 aromatic carbocycles. The van der Waals surface area contributed by atoms with Crippen molar-refractivity contribution in [2.45, 2.75) is 22.9 Å². The molecular formula is C20H17Cl2NO2S. The fourth-order valence-electron chi connectivity index (χ4n) is 2.44. The molecule has 6 heteroatoms. The van der Waals surface area contributed by atoms with E-state index in [4.69, 9.17) is 23.2 Å². The number of nitrogens with one attached hydrogen (secondary N) is 1. The number of benzene rings is 3. The number of aliphatic hydroxyl groups is 1. The molecule has 3 nitrogen and oxygen atoms in total. The van der Waals surface area contributed by atoms with Gasteiger partial charge in [-0.1, -0.05) is 53.2 Å². The molecule has 0 saturated heterocycles. The molecule has 0 saturated carbocycles. The smallest absolute Gasteiger partial charge is 0.121 e. The number of halogens is 2. The van der Waals surface area contributed by atoms with E-state index in [2.05, 4.69) is 17.4 Å². The first-order chi connectivity index (χ1) is 12.6. The van der Waals surface area contributed by atoms with E-state index in [1.165, 1.54) is 0 Å². The summed E-state index contributed by atoms with van der Waals surface area (Å²) in [5.74, 6) is 0.0913. The van der Waals surface area contributed by atoms with E-state index < -0.39 is 0 Å². The molecule has 0 bridgehead atoms. The van der Waals surface area contributed by atoms with Crippen molar-refractivity contribution in [2.24, 2.45) is 0 Å². The Morgan fingerprint density at radius 2 is 1.69 bits per heavy atom. The Hall–Kier alpha value is -1.85. The van der Waals surface area contributed by atoms with Crippen LogP contribution in [0.25, 0.3) is 0 Å². The van der Waals surface area contributed by atoms with E-state index in [1.807, 2.05) is 24.3 Å². The lowest BCUT2D eigenvalue weighted by atomic mass is 10.1. The summed E-state index contributed by atoms with van der Waals surface area (Å²) in [5.41, 5.74) is 2.46. The Bertz CT molecular complexity index is 918. The minimum absolute atomic E-state index is 0.0913. The number of hydrogen-bond donors (Lipinski definition) is 3. The second kappa shape index (κ2) is 8.69. The third-order valence-electron chi connectivity index (χ3n) is 3.82. The summed E-state index contributed by atoms with van der Waals surface area (Å²) >= 11 is 13.7. The Labute approximate surface area is 166 Å². The first-order valence-electron chi connectivity index (χ1n) is 7.94. The van der Waals surface area contributed by atoms with Crippen LogP contribution in [0.15, 0.2) is 70.5 Å². The molecule has 0 unspecified atom stereocenters. The number of rotatable bonds is 6. The normalized spacial score (nSPS) is 10.7. The van der Waals surface area contributed by atoms with E-state index in [0.29, 0.717) is 22.2 Å². The molecule has 0 aliphatic rings. The molecule has 26 heavy (non-hydrogen) atoms. The van der Waals surface area contributed by atoms with Crippen molar-refractivity contribution < 1.29 is 10.2 Å². The predicted octanol–water partition coefficient (Wildman–Crippen LogP) is 5.95. The molecule has 134 valence electrons. The van der Waals surface area contributed by atoms with E-state index in [1.54, 1.807) is 36.0 Å². The standard InChI is InChI=1S/C20H17Cl2NO2S/c21-17-7-6-16(10-18(17)22)26-20-4-2-1-3-13(20)11-23-15-5-8-19(25)14(9-15)12-24/h1-10,23-25H,11-12H2. The van der Waals surface area contributed by atoms with Crippen LogP contribution in [0.5, 0.6) is 5.75 Å². The molecule has 0 amide bonds. The maximum absolute atomic E-state index is 9.66. The summed E-state index contributed by atoms with van der Waals surface area (Å²) in [6.07, 6.45) is 0. The third kappa shape index (κ3) is 4.65. The van der Waals surface area contributed by atoms with E-state index >= 15 is 0 Å². The van der Waals surface area contributed by atoms with E-state index in [-0.39, 0.29) is 12.4 Å². The largest absolute Gasteiger partial charge is 0.508 e. The van der Waals surface area contributed by atoms with Gasteiger partial charge in [0.1, 0.15) is 5.75 Å². The molecule has 0 aromatic heterocycles. The minimum Gasteiger partial charge on any atom is -0.508 e. The zero-order valence-corrected chi connectivity index (χ0v) is 16.1. The number of aliphatic hydroxyl groups excluding tert-OH is 1. The zero-order valence-electron chi connectivity index (χ0n) is 13.7. The van der Waals surface area contributed by atoms with E-state index in [0.717, 1.165) is 21.0 Å². The van der Waals surface area contributed by atoms with E-state index in [9.17, 15) is 10.2 Å². The van der Waals surface area contributed by atoms with Gasteiger partial charge in [-0.3, -0.25) is 0 Å². The highest BCUT2D eigenvalue weighted by Crippen LogP contribution is 2.34. The van der Waals surface area contributed by atoms with Gasteiger partial charge in [0.15, 0.2) is 0 Å². The van der Waals surface area contributed by atoms with Crippen LogP contribution in [0.4, 0.5) is 5.69 Å². The Kier molecular flexibility index (Phi) is 6.33. The molecule has 0 aliphatic heterocycles. The van der Waals surface area contributed by atoms with Crippen molar-refractivity contribution in [3.8, 4) is 5.75 Å². The first kappa shape index (κ1) is 18.9. The molecule has 3 rings (SSSR count). The zero-order chi connectivity index (χ0) is 18.5. The predicted molar refractivity (Wildman–Crippen MR) is 108 cm³/mol. The van der Waals surface area contributed by atoms with Crippen molar-refractivity contribution in [1.29, 1.82) is 0 Å². The fraction of sp³-hybridized carbons (Fsp3) is 0.100. The summed E-state index contributed by atoms with van der Waals surface area (Å²) in [4.78, 5) is 2.12. The quantitative estimate of drug-likeness (QED) is 0.443. The Balaban J connectivity index is 1.75. The van der Waals surface area contributed by atoms with Gasteiger partial charge in [0.05, 0.1) is 16.7 Å². The highest BCUT2D eigenvalue weighted by Gasteiger charge is 2.07. The van der Waals surface area contributed by atoms with Gasteiger partial charge >= 0.3 is 0 Å². The van der Waals surface area contributed by atoms with Gasteiger partial charge in [0.25, 0.3) is 0 Å². The fourth-order valence-corrected chi connectivity index (χ4v) is 3.78. The molecule has 0 spiro atoms. The lowest BCUT2D eigenvalue weighted by molar-refractivity contribution is 0.275. The molecule has 0 heterocycles. The van der Waals surface area contributed by atoms with Gasteiger partial charge in [0, 0.05) is 27.6 Å². The molecule has 0 aliphatic carbocycles. The third-order valence-corrected chi connectivity index (χ3v) is 5.67. The van der Waals surface area contributed by atoms with Crippen LogP contribution >= 0.6 is 35.0 Å². The second-order valence-electron chi connectivity index (χ2n) is 5.64. The van der Waals surface area contributed by atoms with Crippen LogP contribution in [0.1, 0.15) is 11.1 Å². The number of hydrogen-bond acceptors (Lipinski definition) is 4. The Morgan fingerprint density at radius 3 is 2.46 bits per heavy atom. The number of anilines is 1. The van der Waals surface area contributed by atoms with Gasteiger partial charge in [-0.05, 0) is 48.0 Å². The maximum atomic E-state index is 9.66. The average Bonchev–Trinajstić information content (AvgIpc) is 2.65. The van der Waals surface area contributed by atoms with Crippen LogP contribution in [0.3, 0.4) is 0 Å². The first-order valence-corrected chi connectivity index (χ1v) is 9.51. The summed E-state index contributed by atoms with van der Waals surface area (Å²) in [6, 6.07) is 18.8. The maximum Gasteiger partial charge on any atom is 0.121 e. The van der Waals surface area contributed by atoms with Crippen LogP contribution in [-0.2, 0) is 13.2 Å². The summed E-state index contributed by atoms with van der Waals surface area (Å²) < 4.78 is 0. The molecule has 0 fully saturated rings. The van der Waals surface area contributed by atoms with Crippen LogP contribution in [0, 0.1) is 0 Å². The minimum atomic E-state index is -0.203. The van der Waals surface area contributed by atoms with Gasteiger partial charge in [0.2, 0.25) is 0 Å². The van der Waals surface area contributed by atoms with Crippen LogP contribution in [-0.4, -0.2) is 10.2 Å². The summed E-state index contributed by atoms with van der Waals surface area (Å²) in [6.45, 7) is 0.408. The van der Waals surface area contributed by atoms with Crippen LogP contribution in [0.2, 0.25) is 10.0 Å². The molecular weight excluding hydrogens is 389 g/mol. The van der Waals surface area contributed by atoms with Crippen molar-refractivity contribution in [2.75, 3.05) is 5.32 Å². The Morgan fingerprint density at radius 1 is 0.885 bits per heavy atom. The molecule has 3 aromatic rings. The topological polar surface area (TPSA) is 52.5 Å². The summed E-state index contributed by atoms with van der Waals surface area (Å²) in [7, 11) is 0. The van der Waals surface area contributed by atoms with Gasteiger partial charge in [-0.2, -0.15) is 0 Å².